The average molecular weight is 760 g/mol. The van der Waals surface area contributed by atoms with Crippen molar-refractivity contribution in [2.75, 3.05) is 43.9 Å². The Morgan fingerprint density at radius 1 is 1.17 bits per heavy atom. The second-order valence-electron chi connectivity index (χ2n) is 14.3. The zero-order valence-corrected chi connectivity index (χ0v) is 32.1. The highest BCUT2D eigenvalue weighted by Crippen LogP contribution is 2.44. The fourth-order valence-electron chi connectivity index (χ4n) is 8.60. The summed E-state index contributed by atoms with van der Waals surface area (Å²) < 4.78 is 51.4. The summed E-state index contributed by atoms with van der Waals surface area (Å²) in [5.74, 6) is -0.0753. The van der Waals surface area contributed by atoms with Gasteiger partial charge in [-0.05, 0) is 90.1 Å². The van der Waals surface area contributed by atoms with E-state index in [2.05, 4.69) is 25.8 Å². The second kappa shape index (κ2) is 14.7. The van der Waals surface area contributed by atoms with Crippen molar-refractivity contribution in [1.82, 2.24) is 29.3 Å². The molecule has 15 heteroatoms. The third-order valence-corrected chi connectivity index (χ3v) is 12.1. The number of fused-ring (bicyclic) bond motifs is 3. The predicted octanol–water partition coefficient (Wildman–Crippen LogP) is 7.52. The van der Waals surface area contributed by atoms with Crippen LogP contribution in [0, 0.1) is 43.7 Å². The van der Waals surface area contributed by atoms with Crippen molar-refractivity contribution in [3.8, 4) is 23.2 Å². The zero-order valence-electron chi connectivity index (χ0n) is 31.3. The Balaban J connectivity index is 0.000000433. The fraction of sp³-hybridized carbons (Fsp3) is 0.462. The molecule has 3 aromatic heterocycles. The molecular weight excluding hydrogens is 716 g/mol. The van der Waals surface area contributed by atoms with Crippen molar-refractivity contribution in [1.29, 1.82) is 5.26 Å². The van der Waals surface area contributed by atoms with E-state index in [1.165, 1.54) is 32.1 Å². The number of benzene rings is 2. The summed E-state index contributed by atoms with van der Waals surface area (Å²) in [6.45, 7) is 12.3. The molecule has 54 heavy (non-hydrogen) atoms. The van der Waals surface area contributed by atoms with Crippen molar-refractivity contribution in [3.63, 3.8) is 0 Å². The van der Waals surface area contributed by atoms with E-state index >= 15 is 4.39 Å². The summed E-state index contributed by atoms with van der Waals surface area (Å²) in [6.07, 6.45) is 5.22. The third kappa shape index (κ3) is 6.38. The van der Waals surface area contributed by atoms with Crippen LogP contribution in [0.3, 0.4) is 0 Å². The lowest BCUT2D eigenvalue weighted by molar-refractivity contribution is 0.195. The normalized spacial score (nSPS) is 21.0. The van der Waals surface area contributed by atoms with Crippen LogP contribution in [-0.4, -0.2) is 92.9 Å². The molecule has 0 saturated carbocycles. The summed E-state index contributed by atoms with van der Waals surface area (Å²) in [4.78, 5) is 33.2. The lowest BCUT2D eigenvalue weighted by Crippen LogP contribution is -2.47. The first-order valence-corrected chi connectivity index (χ1v) is 19.1. The van der Waals surface area contributed by atoms with Gasteiger partial charge in [0, 0.05) is 48.2 Å². The number of hydrogen-bond donors (Lipinski definition) is 1. The number of rotatable bonds is 5. The summed E-state index contributed by atoms with van der Waals surface area (Å²) in [7, 11) is 1.42. The number of likely N-dealkylation sites (N-methyl/N-ethyl adjacent to an activating group) is 1. The Hall–Kier alpha value is -4.94. The smallest absolute Gasteiger partial charge is 0.329 e. The molecule has 6 heterocycles. The van der Waals surface area contributed by atoms with E-state index in [0.29, 0.717) is 60.3 Å². The molecule has 0 spiro atoms. The maximum absolute atomic E-state index is 16.8. The number of aryl methyl sites for hydroxylation is 3. The molecule has 284 valence electrons. The molecular formula is C39H44F3N9O2S. The molecule has 4 atom stereocenters. The van der Waals surface area contributed by atoms with Crippen LogP contribution in [0.1, 0.15) is 62.2 Å². The average Bonchev–Trinajstić information content (AvgIpc) is 3.96. The van der Waals surface area contributed by atoms with Crippen molar-refractivity contribution in [3.05, 3.63) is 58.7 Å². The predicted molar refractivity (Wildman–Crippen MR) is 205 cm³/mol. The Morgan fingerprint density at radius 3 is 2.61 bits per heavy atom. The van der Waals surface area contributed by atoms with E-state index in [9.17, 15) is 18.8 Å². The number of imidazole rings is 1. The van der Waals surface area contributed by atoms with Gasteiger partial charge in [0.2, 0.25) is 0 Å². The van der Waals surface area contributed by atoms with Crippen LogP contribution < -0.4 is 15.4 Å². The van der Waals surface area contributed by atoms with Crippen LogP contribution in [0.5, 0.6) is 6.01 Å². The monoisotopic (exact) mass is 759 g/mol. The number of carbonyl (C=O) groups is 1. The van der Waals surface area contributed by atoms with Gasteiger partial charge < -0.3 is 20.3 Å². The number of nitrogens with two attached hydrogens (primary N) is 1. The van der Waals surface area contributed by atoms with Gasteiger partial charge in [0.15, 0.2) is 5.82 Å². The van der Waals surface area contributed by atoms with Crippen LogP contribution in [0.15, 0.2) is 24.4 Å². The number of alkyl halides is 1. The lowest BCUT2D eigenvalue weighted by Gasteiger charge is -2.34. The summed E-state index contributed by atoms with van der Waals surface area (Å²) in [5.41, 5.74) is 8.05. The number of aromatic nitrogens is 4. The number of nitrogen functional groups attached to an aromatic ring is 1. The maximum atomic E-state index is 16.8. The van der Waals surface area contributed by atoms with Crippen molar-refractivity contribution in [2.45, 2.75) is 84.6 Å². The minimum Gasteiger partial charge on any atom is -0.467 e. The first-order chi connectivity index (χ1) is 25.9. The summed E-state index contributed by atoms with van der Waals surface area (Å²) in [5, 5.41) is 10.7. The lowest BCUT2D eigenvalue weighted by atomic mass is 9.93. The molecule has 3 saturated heterocycles. The van der Waals surface area contributed by atoms with E-state index in [1.807, 2.05) is 31.7 Å². The topological polar surface area (TPSA) is 129 Å². The molecule has 3 aliphatic rings. The molecule has 3 aliphatic heterocycles. The Morgan fingerprint density at radius 2 is 1.94 bits per heavy atom. The number of anilines is 2. The molecule has 8 rings (SSSR count). The number of halogens is 3. The molecule has 0 aliphatic carbocycles. The molecule has 1 amide bonds. The molecule has 0 bridgehead atoms. The van der Waals surface area contributed by atoms with E-state index in [-0.39, 0.29) is 55.9 Å². The minimum atomic E-state index is -0.646. The maximum Gasteiger partial charge on any atom is 0.329 e. The number of nitriles is 1. The highest BCUT2D eigenvalue weighted by atomic mass is 32.1. The Labute approximate surface area is 316 Å². The number of likely N-dealkylation sites (tertiary alicyclic amines) is 1. The number of amides is 1. The number of nitrogens with zero attached hydrogens (tertiary/aromatic N) is 8. The standard InChI is InChI=1S/C32H32F2N8O2S.C7H12FN/c1-7-40(23-10-11-41(17(23)4)32(43)42-14-16(3)37-18(42)5)30-20-12-15(2)24(26(34)27(20)38-31(39-30)44-6)19-8-9-22(33)28-25(19)21(13-35)29(36)45-28;8-6-4-7-2-1-3-9(7)5-6/h8-9,12,14,17,23H,7,10-11,36H2,1-6H3;6-7H,1-5H2. The Kier molecular flexibility index (Phi) is 10.2. The fourth-order valence-corrected chi connectivity index (χ4v) is 9.55. The van der Waals surface area contributed by atoms with Crippen LogP contribution >= 0.6 is 11.3 Å². The van der Waals surface area contributed by atoms with Gasteiger partial charge in [-0.15, -0.1) is 11.3 Å². The van der Waals surface area contributed by atoms with Crippen LogP contribution in [-0.2, 0) is 0 Å². The quantitative estimate of drug-likeness (QED) is 0.193. The van der Waals surface area contributed by atoms with Crippen molar-refractivity contribution >= 4 is 49.2 Å². The van der Waals surface area contributed by atoms with Gasteiger partial charge in [-0.25, -0.2) is 22.9 Å². The SMILES string of the molecule is CCN(c1nc(OC)nc2c(F)c(-c3ccc(F)c4sc(N)c(C#N)c34)c(C)cc12)C1CCN(C(=O)n2cc(C)nc2C)C1C.FC1CC2CCCN2C1. The molecule has 11 nitrogen and oxygen atoms in total. The van der Waals surface area contributed by atoms with Crippen molar-refractivity contribution < 1.29 is 22.7 Å². The highest BCUT2D eigenvalue weighted by molar-refractivity contribution is 7.23. The van der Waals surface area contributed by atoms with E-state index in [4.69, 9.17) is 15.5 Å². The number of methoxy groups -OCH3 is 1. The largest absolute Gasteiger partial charge is 0.467 e. The molecule has 2 N–H and O–H groups in total. The third-order valence-electron chi connectivity index (χ3n) is 11.1. The van der Waals surface area contributed by atoms with Gasteiger partial charge in [0.05, 0.1) is 35.2 Å². The zero-order chi connectivity index (χ0) is 38.6. The summed E-state index contributed by atoms with van der Waals surface area (Å²) in [6, 6.07) is 6.71. The van der Waals surface area contributed by atoms with Crippen LogP contribution in [0.4, 0.5) is 28.8 Å². The molecule has 4 unspecified atom stereocenters. The Bertz CT molecular complexity index is 2290. The highest BCUT2D eigenvalue weighted by Gasteiger charge is 2.39. The number of ether oxygens (including phenoxy) is 1. The van der Waals surface area contributed by atoms with Crippen LogP contribution in [0.25, 0.3) is 32.1 Å². The molecule has 3 fully saturated rings. The van der Waals surface area contributed by atoms with E-state index < -0.39 is 17.8 Å². The molecule has 2 aromatic carbocycles. The first kappa shape index (κ1) is 37.4. The number of carbonyl (C=O) groups excluding carboxylic acids is 1. The van der Waals surface area contributed by atoms with Gasteiger partial charge in [0.25, 0.3) is 0 Å². The van der Waals surface area contributed by atoms with Crippen LogP contribution in [0.2, 0.25) is 0 Å². The van der Waals surface area contributed by atoms with Gasteiger partial charge in [-0.3, -0.25) is 9.47 Å². The van der Waals surface area contributed by atoms with E-state index in [1.54, 1.807) is 24.6 Å². The molecule has 5 aromatic rings. The minimum absolute atomic E-state index is 0.0190. The van der Waals surface area contributed by atoms with Crippen molar-refractivity contribution in [2.24, 2.45) is 0 Å². The second-order valence-corrected chi connectivity index (χ2v) is 15.4. The number of thiophene rings is 1. The van der Waals surface area contributed by atoms with Gasteiger partial charge in [0.1, 0.15) is 40.2 Å². The van der Waals surface area contributed by atoms with Gasteiger partial charge in [-0.1, -0.05) is 6.07 Å². The first-order valence-electron chi connectivity index (χ1n) is 18.3. The van der Waals surface area contributed by atoms with E-state index in [0.717, 1.165) is 30.0 Å². The summed E-state index contributed by atoms with van der Waals surface area (Å²) >= 11 is 0.959. The van der Waals surface area contributed by atoms with Gasteiger partial charge >= 0.3 is 12.0 Å². The molecule has 0 radical (unpaired) electrons. The van der Waals surface area contributed by atoms with Gasteiger partial charge in [-0.2, -0.15) is 15.2 Å². The number of hydrogen-bond acceptors (Lipinski definition) is 10.